The summed E-state index contributed by atoms with van der Waals surface area (Å²) < 4.78 is 17.9. The van der Waals surface area contributed by atoms with Gasteiger partial charge in [-0.3, -0.25) is 4.79 Å². The number of nitrogen functional groups attached to an aromatic ring is 1. The third-order valence-electron chi connectivity index (χ3n) is 2.24. The first-order valence-corrected chi connectivity index (χ1v) is 4.60. The van der Waals surface area contributed by atoms with Crippen molar-refractivity contribution in [2.24, 2.45) is 0 Å². The van der Waals surface area contributed by atoms with Crippen LogP contribution in [0, 0.1) is 5.82 Å². The van der Waals surface area contributed by atoms with E-state index in [0.29, 0.717) is 13.2 Å². The number of halogens is 1. The molecule has 1 aromatic rings. The lowest BCUT2D eigenvalue weighted by atomic mass is 10.1. The molecule has 0 aliphatic carbocycles. The van der Waals surface area contributed by atoms with Crippen LogP contribution in [0.4, 0.5) is 10.1 Å². The largest absolute Gasteiger partial charge is 0.396 e. The molecule has 2 rings (SSSR count). The van der Waals surface area contributed by atoms with Crippen LogP contribution in [0.5, 0.6) is 0 Å². The van der Waals surface area contributed by atoms with Crippen molar-refractivity contribution in [3.63, 3.8) is 0 Å². The van der Waals surface area contributed by atoms with Gasteiger partial charge in [-0.15, -0.1) is 0 Å². The number of hydrogen-bond acceptors (Lipinski definition) is 3. The second-order valence-corrected chi connectivity index (χ2v) is 3.44. The second-order valence-electron chi connectivity index (χ2n) is 3.44. The van der Waals surface area contributed by atoms with Gasteiger partial charge >= 0.3 is 0 Å². The maximum Gasteiger partial charge on any atom is 0.251 e. The molecule has 0 spiro atoms. The Labute approximate surface area is 86.2 Å². The van der Waals surface area contributed by atoms with E-state index in [1.54, 1.807) is 0 Å². The van der Waals surface area contributed by atoms with Gasteiger partial charge in [-0.1, -0.05) is 0 Å². The monoisotopic (exact) mass is 210 g/mol. The molecule has 0 unspecified atom stereocenters. The van der Waals surface area contributed by atoms with E-state index >= 15 is 0 Å². The van der Waals surface area contributed by atoms with Crippen LogP contribution in [0.1, 0.15) is 10.4 Å². The van der Waals surface area contributed by atoms with Crippen LogP contribution >= 0.6 is 0 Å². The lowest BCUT2D eigenvalue weighted by Crippen LogP contribution is -2.48. The highest BCUT2D eigenvalue weighted by Gasteiger charge is 2.21. The maximum atomic E-state index is 13.0. The second kappa shape index (κ2) is 3.86. The highest BCUT2D eigenvalue weighted by molar-refractivity contribution is 5.94. The zero-order valence-electron chi connectivity index (χ0n) is 8.00. The average Bonchev–Trinajstić information content (AvgIpc) is 2.15. The molecule has 1 aromatic carbocycles. The smallest absolute Gasteiger partial charge is 0.251 e. The van der Waals surface area contributed by atoms with Crippen LogP contribution in [0.15, 0.2) is 18.2 Å². The van der Waals surface area contributed by atoms with Gasteiger partial charge in [-0.2, -0.15) is 0 Å². The summed E-state index contributed by atoms with van der Waals surface area (Å²) >= 11 is 0. The molecule has 1 amide bonds. The summed E-state index contributed by atoms with van der Waals surface area (Å²) in [4.78, 5) is 11.5. The molecule has 0 radical (unpaired) electrons. The van der Waals surface area contributed by atoms with E-state index in [1.165, 1.54) is 12.1 Å². The highest BCUT2D eigenvalue weighted by Crippen LogP contribution is 2.12. The molecule has 1 aliphatic rings. The van der Waals surface area contributed by atoms with Gasteiger partial charge in [0.05, 0.1) is 24.9 Å². The SMILES string of the molecule is Nc1ccc(C(=O)NC2COC2)cc1F. The van der Waals surface area contributed by atoms with Crippen LogP contribution in [-0.4, -0.2) is 25.2 Å². The number of benzene rings is 1. The summed E-state index contributed by atoms with van der Waals surface area (Å²) in [5.74, 6) is -0.880. The highest BCUT2D eigenvalue weighted by atomic mass is 19.1. The van der Waals surface area contributed by atoms with Crippen LogP contribution < -0.4 is 11.1 Å². The molecular weight excluding hydrogens is 199 g/mol. The molecular formula is C10H11FN2O2. The summed E-state index contributed by atoms with van der Waals surface area (Å²) in [6.07, 6.45) is 0. The minimum atomic E-state index is -0.576. The maximum absolute atomic E-state index is 13.0. The minimum Gasteiger partial charge on any atom is -0.396 e. The first kappa shape index (κ1) is 9.92. The van der Waals surface area contributed by atoms with Gasteiger partial charge < -0.3 is 15.8 Å². The van der Waals surface area contributed by atoms with E-state index in [-0.39, 0.29) is 23.2 Å². The van der Waals surface area contributed by atoms with Crippen molar-refractivity contribution in [1.29, 1.82) is 0 Å². The standard InChI is InChI=1S/C10H11FN2O2/c11-8-3-6(1-2-9(8)12)10(14)13-7-4-15-5-7/h1-3,7H,4-5,12H2,(H,13,14). The Morgan fingerprint density at radius 1 is 1.53 bits per heavy atom. The molecule has 5 heteroatoms. The molecule has 15 heavy (non-hydrogen) atoms. The number of anilines is 1. The van der Waals surface area contributed by atoms with Crippen molar-refractivity contribution >= 4 is 11.6 Å². The van der Waals surface area contributed by atoms with E-state index in [2.05, 4.69) is 5.32 Å². The number of ether oxygens (including phenoxy) is 1. The Hall–Kier alpha value is -1.62. The van der Waals surface area contributed by atoms with Crippen molar-refractivity contribution in [3.8, 4) is 0 Å². The molecule has 0 atom stereocenters. The van der Waals surface area contributed by atoms with Gasteiger partial charge in [0.15, 0.2) is 0 Å². The predicted octanol–water partition coefficient (Wildman–Crippen LogP) is 0.536. The third kappa shape index (κ3) is 2.07. The average molecular weight is 210 g/mol. The van der Waals surface area contributed by atoms with Gasteiger partial charge in [0.2, 0.25) is 0 Å². The number of nitrogens with one attached hydrogen (secondary N) is 1. The van der Waals surface area contributed by atoms with Crippen molar-refractivity contribution in [3.05, 3.63) is 29.6 Å². The number of rotatable bonds is 2. The molecule has 80 valence electrons. The number of carbonyl (C=O) groups excluding carboxylic acids is 1. The Kier molecular flexibility index (Phi) is 2.55. The molecule has 4 nitrogen and oxygen atoms in total. The quantitative estimate of drug-likeness (QED) is 0.700. The minimum absolute atomic E-state index is 0.0399. The van der Waals surface area contributed by atoms with Gasteiger partial charge in [0.25, 0.3) is 5.91 Å². The summed E-state index contributed by atoms with van der Waals surface area (Å²) in [7, 11) is 0. The molecule has 1 aliphatic heterocycles. The fourth-order valence-electron chi connectivity index (χ4n) is 1.26. The molecule has 0 aromatic heterocycles. The first-order valence-electron chi connectivity index (χ1n) is 4.60. The van der Waals surface area contributed by atoms with E-state index in [0.717, 1.165) is 6.07 Å². The molecule has 1 fully saturated rings. The van der Waals surface area contributed by atoms with E-state index in [9.17, 15) is 9.18 Å². The van der Waals surface area contributed by atoms with Gasteiger partial charge in [0, 0.05) is 5.56 Å². The number of amides is 1. The summed E-state index contributed by atoms with van der Waals surface area (Å²) in [6, 6.07) is 4.04. The Bertz CT molecular complexity index is 391. The molecule has 3 N–H and O–H groups in total. The van der Waals surface area contributed by atoms with Gasteiger partial charge in [-0.25, -0.2) is 4.39 Å². The normalized spacial score (nSPS) is 15.8. The van der Waals surface area contributed by atoms with Crippen LogP contribution in [0.25, 0.3) is 0 Å². The number of hydrogen-bond donors (Lipinski definition) is 2. The zero-order chi connectivity index (χ0) is 10.8. The van der Waals surface area contributed by atoms with Crippen LogP contribution in [0.3, 0.4) is 0 Å². The fraction of sp³-hybridized carbons (Fsp3) is 0.300. The molecule has 0 bridgehead atoms. The third-order valence-corrected chi connectivity index (χ3v) is 2.24. The molecule has 0 saturated carbocycles. The topological polar surface area (TPSA) is 64.4 Å². The Morgan fingerprint density at radius 2 is 2.27 bits per heavy atom. The predicted molar refractivity (Wildman–Crippen MR) is 52.9 cm³/mol. The number of nitrogens with two attached hydrogens (primary N) is 1. The lowest BCUT2D eigenvalue weighted by molar-refractivity contribution is -0.00346. The zero-order valence-corrected chi connectivity index (χ0v) is 8.00. The Morgan fingerprint density at radius 3 is 2.80 bits per heavy atom. The fourth-order valence-corrected chi connectivity index (χ4v) is 1.26. The molecule has 1 saturated heterocycles. The lowest BCUT2D eigenvalue weighted by Gasteiger charge is -2.26. The van der Waals surface area contributed by atoms with Gasteiger partial charge in [0.1, 0.15) is 5.82 Å². The van der Waals surface area contributed by atoms with Gasteiger partial charge in [-0.05, 0) is 18.2 Å². The van der Waals surface area contributed by atoms with E-state index in [4.69, 9.17) is 10.5 Å². The van der Waals surface area contributed by atoms with Crippen molar-refractivity contribution < 1.29 is 13.9 Å². The van der Waals surface area contributed by atoms with Crippen molar-refractivity contribution in [1.82, 2.24) is 5.32 Å². The summed E-state index contributed by atoms with van der Waals surface area (Å²) in [6.45, 7) is 1.03. The van der Waals surface area contributed by atoms with Crippen LogP contribution in [-0.2, 0) is 4.74 Å². The molecule has 1 heterocycles. The van der Waals surface area contributed by atoms with Crippen molar-refractivity contribution in [2.45, 2.75) is 6.04 Å². The summed E-state index contributed by atoms with van der Waals surface area (Å²) in [5, 5.41) is 2.71. The van der Waals surface area contributed by atoms with E-state index in [1.807, 2.05) is 0 Å². The van der Waals surface area contributed by atoms with Crippen molar-refractivity contribution in [2.75, 3.05) is 18.9 Å². The van der Waals surface area contributed by atoms with E-state index < -0.39 is 5.82 Å². The van der Waals surface area contributed by atoms with Crippen LogP contribution in [0.2, 0.25) is 0 Å². The number of carbonyl (C=O) groups is 1. The Balaban J connectivity index is 2.07. The first-order chi connectivity index (χ1) is 7.16. The summed E-state index contributed by atoms with van der Waals surface area (Å²) in [5.41, 5.74) is 5.61.